The minimum Gasteiger partial charge on any atom is -0.471 e. The lowest BCUT2D eigenvalue weighted by Crippen LogP contribution is -2.41. The number of hydrogen-bond acceptors (Lipinski definition) is 4. The summed E-state index contributed by atoms with van der Waals surface area (Å²) in [5.41, 5.74) is 4.72. The van der Waals surface area contributed by atoms with Crippen LogP contribution in [0.1, 0.15) is 42.2 Å². The third-order valence-electron chi connectivity index (χ3n) is 6.81. The van der Waals surface area contributed by atoms with Crippen molar-refractivity contribution in [2.24, 2.45) is 0 Å². The van der Waals surface area contributed by atoms with Gasteiger partial charge in [0.15, 0.2) is 0 Å². The first kappa shape index (κ1) is 25.7. The van der Waals surface area contributed by atoms with Gasteiger partial charge in [-0.15, -0.1) is 0 Å². The van der Waals surface area contributed by atoms with E-state index in [9.17, 15) is 4.79 Å². The molecule has 1 aliphatic heterocycles. The van der Waals surface area contributed by atoms with Crippen molar-refractivity contribution >= 4 is 51.6 Å². The average molecular weight is 578 g/mol. The maximum absolute atomic E-state index is 13.4. The standard InChI is InChI=1S/C30H23Cl3N4O2/c1-30(2)14-26(35-28(38)17-5-10-25-18(11-17)15-34-37-25)23-13-22(16-3-6-19(31)7-4-16)27(36-29(23)39-30)21-9-8-20(32)12-24(21)33/h3-13,15,26H,14H2,1-2H3,(H,34,37)(H,35,38)/t26-/m1/s1. The van der Waals surface area contributed by atoms with Crippen LogP contribution >= 0.6 is 34.8 Å². The van der Waals surface area contributed by atoms with E-state index in [0.29, 0.717) is 38.6 Å². The molecule has 1 atom stereocenters. The Morgan fingerprint density at radius 1 is 0.974 bits per heavy atom. The molecule has 5 aromatic rings. The number of nitrogens with one attached hydrogen (secondary N) is 2. The number of carbonyl (C=O) groups excluding carboxylic acids is 1. The number of H-pyrrole nitrogens is 1. The van der Waals surface area contributed by atoms with E-state index >= 15 is 0 Å². The lowest BCUT2D eigenvalue weighted by molar-refractivity contribution is 0.0572. The summed E-state index contributed by atoms with van der Waals surface area (Å²) in [6.45, 7) is 3.96. The zero-order chi connectivity index (χ0) is 27.3. The largest absolute Gasteiger partial charge is 0.471 e. The van der Waals surface area contributed by atoms with Gasteiger partial charge in [0, 0.05) is 44.1 Å². The molecule has 2 N–H and O–H groups in total. The van der Waals surface area contributed by atoms with Crippen molar-refractivity contribution in [2.45, 2.75) is 31.9 Å². The summed E-state index contributed by atoms with van der Waals surface area (Å²) in [6, 6.07) is 20.0. The van der Waals surface area contributed by atoms with Crippen LogP contribution in [0.4, 0.5) is 0 Å². The molecule has 0 fully saturated rings. The van der Waals surface area contributed by atoms with Gasteiger partial charge in [-0.25, -0.2) is 4.98 Å². The van der Waals surface area contributed by atoms with Crippen LogP contribution < -0.4 is 10.1 Å². The highest BCUT2D eigenvalue weighted by atomic mass is 35.5. The molecule has 6 rings (SSSR count). The Hall–Kier alpha value is -3.58. The number of benzene rings is 3. The van der Waals surface area contributed by atoms with Crippen LogP contribution in [-0.4, -0.2) is 26.7 Å². The molecule has 0 radical (unpaired) electrons. The Morgan fingerprint density at radius 2 is 1.74 bits per heavy atom. The molecule has 0 unspecified atom stereocenters. The van der Waals surface area contributed by atoms with Crippen molar-refractivity contribution in [1.82, 2.24) is 20.5 Å². The van der Waals surface area contributed by atoms with Gasteiger partial charge in [-0.3, -0.25) is 9.89 Å². The molecule has 0 spiro atoms. The summed E-state index contributed by atoms with van der Waals surface area (Å²) in [7, 11) is 0. The van der Waals surface area contributed by atoms with E-state index in [1.165, 1.54) is 0 Å². The summed E-state index contributed by atoms with van der Waals surface area (Å²) >= 11 is 19.0. The van der Waals surface area contributed by atoms with Gasteiger partial charge in [-0.2, -0.15) is 5.10 Å². The topological polar surface area (TPSA) is 79.9 Å². The van der Waals surface area contributed by atoms with Gasteiger partial charge >= 0.3 is 0 Å². The average Bonchev–Trinajstić information content (AvgIpc) is 3.36. The molecule has 2 aromatic heterocycles. The maximum atomic E-state index is 13.4. The van der Waals surface area contributed by atoms with E-state index in [-0.39, 0.29) is 11.9 Å². The number of rotatable bonds is 4. The summed E-state index contributed by atoms with van der Waals surface area (Å²) < 4.78 is 6.35. The van der Waals surface area contributed by atoms with E-state index in [1.54, 1.807) is 24.4 Å². The fraction of sp³-hybridized carbons (Fsp3) is 0.167. The summed E-state index contributed by atoms with van der Waals surface area (Å²) in [4.78, 5) is 18.4. The van der Waals surface area contributed by atoms with Gasteiger partial charge in [0.05, 0.1) is 28.5 Å². The first-order valence-electron chi connectivity index (χ1n) is 12.4. The molecular weight excluding hydrogens is 555 g/mol. The molecule has 39 heavy (non-hydrogen) atoms. The van der Waals surface area contributed by atoms with E-state index in [0.717, 1.165) is 33.2 Å². The molecule has 3 aromatic carbocycles. The van der Waals surface area contributed by atoms with Crippen molar-refractivity contribution in [3.8, 4) is 28.3 Å². The molecule has 0 aliphatic carbocycles. The number of pyridine rings is 1. The van der Waals surface area contributed by atoms with Crippen LogP contribution in [0.25, 0.3) is 33.3 Å². The summed E-state index contributed by atoms with van der Waals surface area (Å²) in [6.07, 6.45) is 2.26. The fourth-order valence-electron chi connectivity index (χ4n) is 4.94. The van der Waals surface area contributed by atoms with Gasteiger partial charge in [0.1, 0.15) is 5.60 Å². The van der Waals surface area contributed by atoms with E-state index in [2.05, 4.69) is 15.5 Å². The molecule has 0 saturated heterocycles. The SMILES string of the molecule is CC1(C)C[C@@H](NC(=O)c2ccc3[nH]ncc3c2)c2cc(-c3ccc(Cl)cc3)c(-c3ccc(Cl)cc3Cl)nc2O1. The zero-order valence-electron chi connectivity index (χ0n) is 21.1. The van der Waals surface area contributed by atoms with Crippen molar-refractivity contribution in [3.63, 3.8) is 0 Å². The minimum absolute atomic E-state index is 0.190. The Balaban J connectivity index is 1.47. The van der Waals surface area contributed by atoms with E-state index in [1.807, 2.05) is 62.4 Å². The second kappa shape index (κ2) is 9.87. The molecule has 1 aliphatic rings. The Morgan fingerprint density at radius 3 is 2.51 bits per heavy atom. The smallest absolute Gasteiger partial charge is 0.251 e. The second-order valence-electron chi connectivity index (χ2n) is 10.2. The number of amides is 1. The van der Waals surface area contributed by atoms with Gasteiger partial charge < -0.3 is 10.1 Å². The predicted molar refractivity (Wildman–Crippen MR) is 156 cm³/mol. The Bertz CT molecular complexity index is 1730. The van der Waals surface area contributed by atoms with Gasteiger partial charge in [-0.1, -0.05) is 46.9 Å². The highest BCUT2D eigenvalue weighted by Gasteiger charge is 2.37. The number of halogens is 3. The molecule has 3 heterocycles. The van der Waals surface area contributed by atoms with Crippen molar-refractivity contribution < 1.29 is 9.53 Å². The third-order valence-corrected chi connectivity index (χ3v) is 7.61. The number of ether oxygens (including phenoxy) is 1. The number of hydrogen-bond donors (Lipinski definition) is 2. The number of fused-ring (bicyclic) bond motifs is 2. The van der Waals surface area contributed by atoms with Crippen LogP contribution in [0, 0.1) is 0 Å². The first-order valence-corrected chi connectivity index (χ1v) is 13.5. The molecule has 0 saturated carbocycles. The Kier molecular flexibility index (Phi) is 6.50. The van der Waals surface area contributed by atoms with Crippen LogP contribution in [-0.2, 0) is 0 Å². The Labute approximate surface area is 240 Å². The van der Waals surface area contributed by atoms with Crippen molar-refractivity contribution in [1.29, 1.82) is 0 Å². The molecule has 196 valence electrons. The number of aromatic nitrogens is 3. The van der Waals surface area contributed by atoms with Crippen LogP contribution in [0.15, 0.2) is 72.9 Å². The molecule has 6 nitrogen and oxygen atoms in total. The summed E-state index contributed by atoms with van der Waals surface area (Å²) in [5.74, 6) is 0.255. The minimum atomic E-state index is -0.574. The molecule has 1 amide bonds. The number of aromatic amines is 1. The van der Waals surface area contributed by atoms with E-state index in [4.69, 9.17) is 44.5 Å². The van der Waals surface area contributed by atoms with Crippen LogP contribution in [0.3, 0.4) is 0 Å². The van der Waals surface area contributed by atoms with Crippen LogP contribution in [0.2, 0.25) is 15.1 Å². The molecule has 0 bridgehead atoms. The van der Waals surface area contributed by atoms with E-state index < -0.39 is 5.60 Å². The zero-order valence-corrected chi connectivity index (χ0v) is 23.3. The lowest BCUT2D eigenvalue weighted by atomic mass is 9.88. The second-order valence-corrected chi connectivity index (χ2v) is 11.5. The van der Waals surface area contributed by atoms with Gasteiger partial charge in [0.25, 0.3) is 5.91 Å². The van der Waals surface area contributed by atoms with Gasteiger partial charge in [-0.05, 0) is 74.0 Å². The molecular formula is C30H23Cl3N4O2. The summed E-state index contributed by atoms with van der Waals surface area (Å²) in [5, 5.41) is 12.7. The maximum Gasteiger partial charge on any atom is 0.251 e. The highest BCUT2D eigenvalue weighted by molar-refractivity contribution is 6.36. The third kappa shape index (κ3) is 5.08. The highest BCUT2D eigenvalue weighted by Crippen LogP contribution is 2.45. The van der Waals surface area contributed by atoms with Gasteiger partial charge in [0.2, 0.25) is 5.88 Å². The lowest BCUT2D eigenvalue weighted by Gasteiger charge is -2.37. The van der Waals surface area contributed by atoms with Crippen molar-refractivity contribution in [2.75, 3.05) is 0 Å². The molecule has 9 heteroatoms. The monoisotopic (exact) mass is 576 g/mol. The normalized spacial score (nSPS) is 16.0. The van der Waals surface area contributed by atoms with Crippen molar-refractivity contribution in [3.05, 3.63) is 99.1 Å². The first-order chi connectivity index (χ1) is 18.7. The quantitative estimate of drug-likeness (QED) is 0.225. The fourth-order valence-corrected chi connectivity index (χ4v) is 5.56. The predicted octanol–water partition coefficient (Wildman–Crippen LogP) is 8.28. The number of carbonyl (C=O) groups is 1. The number of nitrogens with zero attached hydrogens (tertiary/aromatic N) is 2. The van der Waals surface area contributed by atoms with Crippen LogP contribution in [0.5, 0.6) is 5.88 Å².